The van der Waals surface area contributed by atoms with Gasteiger partial charge in [0.05, 0.1) is 19.4 Å². The minimum absolute atomic E-state index is 0.0234. The number of H-pyrrole nitrogens is 2. The number of tetrazole rings is 2. The van der Waals surface area contributed by atoms with E-state index >= 15 is 0 Å². The predicted molar refractivity (Wildman–Crippen MR) is 46.8 cm³/mol. The third-order valence-electron chi connectivity index (χ3n) is 1.95. The number of aromatic amines is 2. The molecule has 0 fully saturated rings. The Bertz CT molecular complexity index is 403. The fraction of sp³-hybridized carbons (Fsp3) is 0.500. The van der Waals surface area contributed by atoms with Crippen molar-refractivity contribution in [3.8, 4) is 0 Å². The van der Waals surface area contributed by atoms with E-state index in [9.17, 15) is 4.79 Å². The molecular formula is C6H8N8O2. The molecule has 0 atom stereocenters. The Balaban J connectivity index is 2.24. The zero-order valence-corrected chi connectivity index (χ0v) is 8.28. The van der Waals surface area contributed by atoms with Gasteiger partial charge in [0, 0.05) is 0 Å². The van der Waals surface area contributed by atoms with Gasteiger partial charge in [-0.05, 0) is 0 Å². The van der Waals surface area contributed by atoms with E-state index in [0.29, 0.717) is 11.6 Å². The number of carbonyl (C=O) groups excluding carboxylic acids is 1. The number of nitrogens with zero attached hydrogens (tertiary/aromatic N) is 6. The van der Waals surface area contributed by atoms with Crippen LogP contribution < -0.4 is 0 Å². The average molecular weight is 224 g/mol. The van der Waals surface area contributed by atoms with E-state index in [-0.39, 0.29) is 6.42 Å². The zero-order chi connectivity index (χ0) is 11.4. The highest BCUT2D eigenvalue weighted by Crippen LogP contribution is 2.20. The minimum atomic E-state index is -0.523. The molecule has 0 radical (unpaired) electrons. The summed E-state index contributed by atoms with van der Waals surface area (Å²) in [5.41, 5.74) is 0. The minimum Gasteiger partial charge on any atom is -0.469 e. The highest BCUT2D eigenvalue weighted by molar-refractivity contribution is 5.70. The van der Waals surface area contributed by atoms with Crippen LogP contribution in [-0.4, -0.2) is 54.3 Å². The van der Waals surface area contributed by atoms with E-state index in [0.717, 1.165) is 0 Å². The molecule has 2 aromatic rings. The summed E-state index contributed by atoms with van der Waals surface area (Å²) < 4.78 is 4.57. The first-order valence-corrected chi connectivity index (χ1v) is 4.34. The number of methoxy groups -OCH3 is 1. The van der Waals surface area contributed by atoms with Crippen molar-refractivity contribution in [2.75, 3.05) is 7.11 Å². The molecule has 0 aromatic carbocycles. The van der Waals surface area contributed by atoms with Crippen LogP contribution in [0.2, 0.25) is 0 Å². The monoisotopic (exact) mass is 224 g/mol. The van der Waals surface area contributed by atoms with Crippen molar-refractivity contribution in [2.45, 2.75) is 12.3 Å². The number of aromatic nitrogens is 8. The molecule has 2 rings (SSSR count). The normalized spacial score (nSPS) is 10.6. The average Bonchev–Trinajstić information content (AvgIpc) is 2.97. The summed E-state index contributed by atoms with van der Waals surface area (Å²) in [6.45, 7) is 0. The second-order valence-electron chi connectivity index (χ2n) is 2.87. The van der Waals surface area contributed by atoms with E-state index in [1.807, 2.05) is 0 Å². The summed E-state index contributed by atoms with van der Waals surface area (Å²) in [6, 6.07) is 0. The molecule has 0 aliphatic carbocycles. The van der Waals surface area contributed by atoms with Gasteiger partial charge in [-0.1, -0.05) is 10.4 Å². The largest absolute Gasteiger partial charge is 0.469 e. The molecule has 0 bridgehead atoms. The van der Waals surface area contributed by atoms with Gasteiger partial charge in [-0.25, -0.2) is 0 Å². The topological polar surface area (TPSA) is 135 Å². The van der Waals surface area contributed by atoms with Crippen LogP contribution in [0.3, 0.4) is 0 Å². The quantitative estimate of drug-likeness (QED) is 0.593. The van der Waals surface area contributed by atoms with Gasteiger partial charge in [-0.2, -0.15) is 10.4 Å². The number of hydrogen-bond acceptors (Lipinski definition) is 8. The summed E-state index contributed by atoms with van der Waals surface area (Å²) in [7, 11) is 1.30. The molecule has 10 heteroatoms. The maximum atomic E-state index is 11.2. The van der Waals surface area contributed by atoms with Gasteiger partial charge in [0.15, 0.2) is 11.6 Å². The lowest BCUT2D eigenvalue weighted by Crippen LogP contribution is -2.13. The van der Waals surface area contributed by atoms with Gasteiger partial charge in [0.1, 0.15) is 0 Å². The van der Waals surface area contributed by atoms with Crippen molar-refractivity contribution in [1.29, 1.82) is 0 Å². The predicted octanol–water partition coefficient (Wildman–Crippen LogP) is -1.59. The van der Waals surface area contributed by atoms with Gasteiger partial charge in [0.25, 0.3) is 0 Å². The second kappa shape index (κ2) is 4.42. The van der Waals surface area contributed by atoms with Gasteiger partial charge in [-0.3, -0.25) is 4.79 Å². The van der Waals surface area contributed by atoms with E-state index in [1.165, 1.54) is 7.11 Å². The molecule has 16 heavy (non-hydrogen) atoms. The molecule has 0 spiro atoms. The van der Waals surface area contributed by atoms with Crippen LogP contribution in [0.4, 0.5) is 0 Å². The van der Waals surface area contributed by atoms with E-state index in [4.69, 9.17) is 0 Å². The lowest BCUT2D eigenvalue weighted by atomic mass is 10.0. The molecule has 0 saturated heterocycles. The fourth-order valence-electron chi connectivity index (χ4n) is 1.18. The summed E-state index contributed by atoms with van der Waals surface area (Å²) >= 11 is 0. The third-order valence-corrected chi connectivity index (χ3v) is 1.95. The smallest absolute Gasteiger partial charge is 0.306 e. The Labute approximate surface area is 88.8 Å². The number of ether oxygens (including phenoxy) is 1. The number of esters is 1. The lowest BCUT2D eigenvalue weighted by Gasteiger charge is -2.06. The van der Waals surface area contributed by atoms with Crippen LogP contribution in [0, 0.1) is 0 Å². The first-order valence-electron chi connectivity index (χ1n) is 4.34. The highest BCUT2D eigenvalue weighted by Gasteiger charge is 2.26. The van der Waals surface area contributed by atoms with Crippen molar-refractivity contribution in [3.63, 3.8) is 0 Å². The number of hydrogen-bond donors (Lipinski definition) is 2. The summed E-state index contributed by atoms with van der Waals surface area (Å²) in [5.74, 6) is -0.317. The summed E-state index contributed by atoms with van der Waals surface area (Å²) in [6.07, 6.45) is 0.0234. The van der Waals surface area contributed by atoms with Crippen LogP contribution in [-0.2, 0) is 9.53 Å². The van der Waals surface area contributed by atoms with Gasteiger partial charge in [-0.15, -0.1) is 20.4 Å². The Kier molecular flexibility index (Phi) is 2.80. The first kappa shape index (κ1) is 10.1. The molecule has 2 aromatic heterocycles. The highest BCUT2D eigenvalue weighted by atomic mass is 16.5. The van der Waals surface area contributed by atoms with Crippen LogP contribution in [0.5, 0.6) is 0 Å². The molecule has 0 aliphatic rings. The molecule has 2 N–H and O–H groups in total. The van der Waals surface area contributed by atoms with Gasteiger partial charge < -0.3 is 4.74 Å². The summed E-state index contributed by atoms with van der Waals surface area (Å²) in [5, 5.41) is 26.5. The number of rotatable bonds is 4. The Morgan fingerprint density at radius 1 is 1.25 bits per heavy atom. The molecule has 0 saturated carbocycles. The summed E-state index contributed by atoms with van der Waals surface area (Å²) in [4.78, 5) is 11.2. The van der Waals surface area contributed by atoms with Crippen molar-refractivity contribution < 1.29 is 9.53 Å². The first-order chi connectivity index (χ1) is 7.81. The Morgan fingerprint density at radius 2 is 1.81 bits per heavy atom. The lowest BCUT2D eigenvalue weighted by molar-refractivity contribution is -0.140. The van der Waals surface area contributed by atoms with Gasteiger partial charge in [0.2, 0.25) is 0 Å². The molecule has 0 aliphatic heterocycles. The Hall–Kier alpha value is -2.39. The van der Waals surface area contributed by atoms with E-state index in [2.05, 4.69) is 46.0 Å². The molecule has 0 unspecified atom stereocenters. The standard InChI is InChI=1S/C6H8N8O2/c1-16-4(15)2-3(5-7-11-12-8-5)6-9-13-14-10-6/h3H,2H2,1H3,(H,7,8,11,12)(H,9,10,13,14). The van der Waals surface area contributed by atoms with Crippen molar-refractivity contribution in [1.82, 2.24) is 41.2 Å². The van der Waals surface area contributed by atoms with E-state index in [1.54, 1.807) is 0 Å². The molecule has 0 amide bonds. The third kappa shape index (κ3) is 1.99. The molecular weight excluding hydrogens is 216 g/mol. The van der Waals surface area contributed by atoms with Crippen LogP contribution in [0.15, 0.2) is 0 Å². The van der Waals surface area contributed by atoms with Crippen molar-refractivity contribution in [3.05, 3.63) is 11.6 Å². The fourth-order valence-corrected chi connectivity index (χ4v) is 1.18. The molecule has 10 nitrogen and oxygen atoms in total. The second-order valence-corrected chi connectivity index (χ2v) is 2.87. The van der Waals surface area contributed by atoms with E-state index < -0.39 is 11.9 Å². The zero-order valence-electron chi connectivity index (χ0n) is 8.28. The van der Waals surface area contributed by atoms with Crippen LogP contribution in [0.25, 0.3) is 0 Å². The number of carbonyl (C=O) groups is 1. The van der Waals surface area contributed by atoms with Crippen molar-refractivity contribution in [2.24, 2.45) is 0 Å². The van der Waals surface area contributed by atoms with Crippen molar-refractivity contribution >= 4 is 5.97 Å². The van der Waals surface area contributed by atoms with Crippen LogP contribution in [0.1, 0.15) is 24.0 Å². The number of nitrogens with one attached hydrogen (secondary N) is 2. The molecule has 84 valence electrons. The van der Waals surface area contributed by atoms with Crippen LogP contribution >= 0.6 is 0 Å². The maximum Gasteiger partial charge on any atom is 0.306 e. The SMILES string of the molecule is COC(=O)CC(c1nn[nH]n1)c1nn[nH]n1. The molecule has 2 heterocycles. The maximum absolute atomic E-state index is 11.2. The van der Waals surface area contributed by atoms with Gasteiger partial charge >= 0.3 is 5.97 Å². The Morgan fingerprint density at radius 3 is 2.19 bits per heavy atom.